The zero-order chi connectivity index (χ0) is 23.9. The first-order valence-electron chi connectivity index (χ1n) is 11.5. The van der Waals surface area contributed by atoms with Gasteiger partial charge >= 0.3 is 6.09 Å². The van der Waals surface area contributed by atoms with Crippen LogP contribution in [0.25, 0.3) is 11.1 Å². The van der Waals surface area contributed by atoms with Crippen molar-refractivity contribution in [3.05, 3.63) is 53.6 Å². The number of carbonyl (C=O) groups is 1. The summed E-state index contributed by atoms with van der Waals surface area (Å²) in [6.45, 7) is 6.89. The van der Waals surface area contributed by atoms with E-state index in [-0.39, 0.29) is 17.4 Å². The van der Waals surface area contributed by atoms with Gasteiger partial charge in [0.15, 0.2) is 9.84 Å². The van der Waals surface area contributed by atoms with E-state index in [4.69, 9.17) is 9.47 Å². The monoisotopic (exact) mass is 471 g/mol. The quantitative estimate of drug-likeness (QED) is 0.630. The van der Waals surface area contributed by atoms with Crippen LogP contribution in [0.5, 0.6) is 5.75 Å². The van der Waals surface area contributed by atoms with Crippen molar-refractivity contribution in [2.75, 3.05) is 19.3 Å². The third-order valence-electron chi connectivity index (χ3n) is 6.26. The molecule has 6 nitrogen and oxygen atoms in total. The van der Waals surface area contributed by atoms with Gasteiger partial charge in [-0.25, -0.2) is 13.2 Å². The van der Waals surface area contributed by atoms with Crippen LogP contribution in [-0.4, -0.2) is 50.0 Å². The van der Waals surface area contributed by atoms with Crippen LogP contribution in [-0.2, 0) is 26.7 Å². The summed E-state index contributed by atoms with van der Waals surface area (Å²) in [5, 5.41) is 0. The molecule has 1 spiro atoms. The number of amides is 1. The molecule has 0 N–H and O–H groups in total. The third kappa shape index (κ3) is 5.88. The largest absolute Gasteiger partial charge is 0.487 e. The van der Waals surface area contributed by atoms with Gasteiger partial charge in [-0.1, -0.05) is 36.4 Å². The minimum atomic E-state index is -3.09. The Kier molecular flexibility index (Phi) is 6.20. The highest BCUT2D eigenvalue weighted by molar-refractivity contribution is 7.89. The first-order valence-corrected chi connectivity index (χ1v) is 13.5. The molecule has 0 atom stereocenters. The molecule has 1 fully saturated rings. The second-order valence-electron chi connectivity index (χ2n) is 10.3. The van der Waals surface area contributed by atoms with Gasteiger partial charge in [0.25, 0.3) is 0 Å². The molecule has 0 bridgehead atoms. The Labute approximate surface area is 196 Å². The number of carbonyl (C=O) groups excluding carboxylic acids is 1. The first kappa shape index (κ1) is 23.6. The fourth-order valence-electron chi connectivity index (χ4n) is 4.60. The number of hydrogen-bond acceptors (Lipinski definition) is 5. The maximum atomic E-state index is 12.4. The Morgan fingerprint density at radius 3 is 2.42 bits per heavy atom. The normalized spacial score (nSPS) is 17.9. The van der Waals surface area contributed by atoms with Crippen molar-refractivity contribution in [1.82, 2.24) is 4.90 Å². The van der Waals surface area contributed by atoms with Crippen LogP contribution in [0.3, 0.4) is 0 Å². The van der Waals surface area contributed by atoms with Crippen LogP contribution >= 0.6 is 0 Å². The topological polar surface area (TPSA) is 72.9 Å². The lowest BCUT2D eigenvalue weighted by Crippen LogP contribution is -2.52. The number of hydrogen-bond donors (Lipinski definition) is 0. The van der Waals surface area contributed by atoms with Crippen LogP contribution < -0.4 is 4.74 Å². The Bertz CT molecular complexity index is 1140. The summed E-state index contributed by atoms with van der Waals surface area (Å²) in [5.74, 6) is 0.914. The number of nitrogens with zero attached hydrogens (tertiary/aromatic N) is 1. The number of aryl methyl sites for hydroxylation is 1. The minimum Gasteiger partial charge on any atom is -0.487 e. The molecule has 33 heavy (non-hydrogen) atoms. The van der Waals surface area contributed by atoms with Crippen molar-refractivity contribution in [2.24, 2.45) is 0 Å². The van der Waals surface area contributed by atoms with Gasteiger partial charge in [0.2, 0.25) is 0 Å². The number of piperidine rings is 1. The summed E-state index contributed by atoms with van der Waals surface area (Å²) < 4.78 is 35.5. The lowest BCUT2D eigenvalue weighted by atomic mass is 9.83. The van der Waals surface area contributed by atoms with E-state index >= 15 is 0 Å². The Morgan fingerprint density at radius 1 is 1.06 bits per heavy atom. The minimum absolute atomic E-state index is 0.0273. The maximum Gasteiger partial charge on any atom is 0.410 e. The Hall–Kier alpha value is -2.54. The van der Waals surface area contributed by atoms with Crippen molar-refractivity contribution in [3.8, 4) is 16.9 Å². The average Bonchev–Trinajstić information content (AvgIpc) is 2.71. The van der Waals surface area contributed by atoms with Crippen LogP contribution in [0.15, 0.2) is 42.5 Å². The highest BCUT2D eigenvalue weighted by Gasteiger charge is 2.41. The lowest BCUT2D eigenvalue weighted by Gasteiger charge is -2.44. The fourth-order valence-corrected chi connectivity index (χ4v) is 5.39. The molecule has 178 valence electrons. The highest BCUT2D eigenvalue weighted by atomic mass is 32.2. The maximum absolute atomic E-state index is 12.4. The summed E-state index contributed by atoms with van der Waals surface area (Å²) in [4.78, 5) is 14.2. The van der Waals surface area contributed by atoms with E-state index in [1.165, 1.54) is 11.8 Å². The molecule has 0 saturated carbocycles. The van der Waals surface area contributed by atoms with Gasteiger partial charge in [0.05, 0.1) is 5.75 Å². The van der Waals surface area contributed by atoms with E-state index in [9.17, 15) is 13.2 Å². The molecular weight excluding hydrogens is 438 g/mol. The summed E-state index contributed by atoms with van der Waals surface area (Å²) in [5.41, 5.74) is 3.18. The Morgan fingerprint density at radius 2 is 1.76 bits per heavy atom. The van der Waals surface area contributed by atoms with Crippen LogP contribution in [0.4, 0.5) is 4.79 Å². The van der Waals surface area contributed by atoms with Gasteiger partial charge in [-0.15, -0.1) is 0 Å². The molecule has 2 aromatic carbocycles. The van der Waals surface area contributed by atoms with Crippen molar-refractivity contribution >= 4 is 15.9 Å². The van der Waals surface area contributed by atoms with Gasteiger partial charge in [-0.3, -0.25) is 0 Å². The number of ether oxygens (including phenoxy) is 2. The van der Waals surface area contributed by atoms with Gasteiger partial charge in [-0.05, 0) is 61.9 Å². The highest BCUT2D eigenvalue weighted by Crippen LogP contribution is 2.41. The van der Waals surface area contributed by atoms with Crippen molar-refractivity contribution in [3.63, 3.8) is 0 Å². The van der Waals surface area contributed by atoms with E-state index in [1.54, 1.807) is 4.90 Å². The molecule has 1 amide bonds. The average molecular weight is 472 g/mol. The van der Waals surface area contributed by atoms with E-state index < -0.39 is 15.4 Å². The number of rotatable bonds is 3. The molecule has 4 rings (SSSR count). The first-order chi connectivity index (χ1) is 15.4. The van der Waals surface area contributed by atoms with Crippen molar-refractivity contribution in [1.29, 1.82) is 0 Å². The zero-order valence-electron chi connectivity index (χ0n) is 19.9. The van der Waals surface area contributed by atoms with Gasteiger partial charge in [0, 0.05) is 32.2 Å². The van der Waals surface area contributed by atoms with Crippen LogP contribution in [0, 0.1) is 0 Å². The number of likely N-dealkylation sites (tertiary alicyclic amines) is 1. The summed E-state index contributed by atoms with van der Waals surface area (Å²) in [6, 6.07) is 13.9. The molecular formula is C26H33NO5S. The standard InChI is InChI=1S/C26H33NO5S/c1-25(2,3)32-24(28)27-14-12-26(13-15-27)11-10-20-8-9-22(17-23(20)31-26)21-7-5-6-19(16-21)18-33(4,29)30/h5-9,16-17H,10-15,18H2,1-4H3. The molecule has 0 unspecified atom stereocenters. The number of sulfone groups is 1. The molecule has 2 aliphatic heterocycles. The predicted molar refractivity (Wildman–Crippen MR) is 129 cm³/mol. The second kappa shape index (κ2) is 8.67. The van der Waals surface area contributed by atoms with Gasteiger partial charge in [-0.2, -0.15) is 0 Å². The molecule has 2 aromatic rings. The predicted octanol–water partition coefficient (Wildman–Crippen LogP) is 4.99. The number of benzene rings is 2. The summed E-state index contributed by atoms with van der Waals surface area (Å²) in [6.07, 6.45) is 4.42. The molecule has 0 aliphatic carbocycles. The zero-order valence-corrected chi connectivity index (χ0v) is 20.7. The SMILES string of the molecule is CC(C)(C)OC(=O)N1CCC2(CCc3ccc(-c4cccc(CS(C)(=O)=O)c4)cc3O2)CC1. The lowest BCUT2D eigenvalue weighted by molar-refractivity contribution is -0.0272. The Balaban J connectivity index is 1.48. The van der Waals surface area contributed by atoms with Crippen LogP contribution in [0.1, 0.15) is 51.2 Å². The molecule has 0 aromatic heterocycles. The molecule has 2 heterocycles. The van der Waals surface area contributed by atoms with E-state index in [1.807, 2.05) is 45.0 Å². The number of fused-ring (bicyclic) bond motifs is 1. The molecule has 1 saturated heterocycles. The van der Waals surface area contributed by atoms with Crippen molar-refractivity contribution in [2.45, 2.75) is 63.4 Å². The van der Waals surface area contributed by atoms with Crippen molar-refractivity contribution < 1.29 is 22.7 Å². The van der Waals surface area contributed by atoms with Gasteiger partial charge in [0.1, 0.15) is 17.0 Å². The second-order valence-corrected chi connectivity index (χ2v) is 12.5. The fraction of sp³-hybridized carbons (Fsp3) is 0.500. The molecule has 7 heteroatoms. The third-order valence-corrected chi connectivity index (χ3v) is 7.12. The van der Waals surface area contributed by atoms with Crippen LogP contribution in [0.2, 0.25) is 0 Å². The van der Waals surface area contributed by atoms with E-state index in [0.717, 1.165) is 48.1 Å². The van der Waals surface area contributed by atoms with Gasteiger partial charge < -0.3 is 14.4 Å². The smallest absolute Gasteiger partial charge is 0.410 e. The molecule has 2 aliphatic rings. The summed E-state index contributed by atoms with van der Waals surface area (Å²) >= 11 is 0. The van der Waals surface area contributed by atoms with E-state index in [2.05, 4.69) is 18.2 Å². The van der Waals surface area contributed by atoms with E-state index in [0.29, 0.717) is 13.1 Å². The molecule has 0 radical (unpaired) electrons. The summed E-state index contributed by atoms with van der Waals surface area (Å²) in [7, 11) is -3.09.